The fourth-order valence-electron chi connectivity index (χ4n) is 2.34. The molecular weight excluding hydrogens is 379 g/mol. The minimum absolute atomic E-state index is 0.240. The molecule has 27 heavy (non-hydrogen) atoms. The quantitative estimate of drug-likeness (QED) is 0.563. The van der Waals surface area contributed by atoms with Gasteiger partial charge in [-0.05, 0) is 35.9 Å². The number of hydrogen-bond donors (Lipinski definition) is 3. The minimum Gasteiger partial charge on any atom is -0.393 e. The van der Waals surface area contributed by atoms with Gasteiger partial charge in [0, 0.05) is 17.3 Å². The van der Waals surface area contributed by atoms with E-state index in [4.69, 9.17) is 17.3 Å². The smallest absolute Gasteiger partial charge is 0.393 e. The van der Waals surface area contributed by atoms with Crippen LogP contribution in [0.15, 0.2) is 54.9 Å². The van der Waals surface area contributed by atoms with Gasteiger partial charge in [-0.15, -0.1) is 0 Å². The van der Waals surface area contributed by atoms with Crippen molar-refractivity contribution in [2.24, 2.45) is 0 Å². The average Bonchev–Trinajstić information content (AvgIpc) is 2.63. The molecule has 0 spiro atoms. The first-order valence-electron chi connectivity index (χ1n) is 7.86. The number of nitrogens with two attached hydrogens (primary N) is 1. The van der Waals surface area contributed by atoms with Gasteiger partial charge in [-0.1, -0.05) is 29.8 Å². The molecule has 3 aromatic rings. The zero-order valence-electron chi connectivity index (χ0n) is 13.9. The SMILES string of the molecule is Nc1c(NCc2ccccc2Cl)ncnc1Nc1ccc(C(F)(F)F)cc1. The molecule has 1 heterocycles. The summed E-state index contributed by atoms with van der Waals surface area (Å²) >= 11 is 6.12. The second-order valence-electron chi connectivity index (χ2n) is 5.63. The summed E-state index contributed by atoms with van der Waals surface area (Å²) < 4.78 is 37.9. The van der Waals surface area contributed by atoms with E-state index in [1.165, 1.54) is 18.5 Å². The van der Waals surface area contributed by atoms with Gasteiger partial charge in [0.15, 0.2) is 11.6 Å². The van der Waals surface area contributed by atoms with Crippen LogP contribution in [0.3, 0.4) is 0 Å². The van der Waals surface area contributed by atoms with Gasteiger partial charge in [0.05, 0.1) is 5.56 Å². The summed E-state index contributed by atoms with van der Waals surface area (Å²) in [5.41, 5.74) is 6.87. The van der Waals surface area contributed by atoms with Gasteiger partial charge in [0.2, 0.25) is 0 Å². The van der Waals surface area contributed by atoms with Crippen molar-refractivity contribution in [1.82, 2.24) is 9.97 Å². The van der Waals surface area contributed by atoms with E-state index in [0.717, 1.165) is 17.7 Å². The number of nitrogens with zero attached hydrogens (tertiary/aromatic N) is 2. The topological polar surface area (TPSA) is 75.9 Å². The Hall–Kier alpha value is -3.00. The second kappa shape index (κ2) is 7.71. The van der Waals surface area contributed by atoms with Crippen molar-refractivity contribution in [3.8, 4) is 0 Å². The Morgan fingerprint density at radius 1 is 0.963 bits per heavy atom. The summed E-state index contributed by atoms with van der Waals surface area (Å²) in [5.74, 6) is 0.672. The van der Waals surface area contributed by atoms with Gasteiger partial charge in [0.1, 0.15) is 12.0 Å². The molecule has 1 aromatic heterocycles. The molecule has 0 radical (unpaired) electrons. The molecule has 0 fully saturated rings. The first-order chi connectivity index (χ1) is 12.8. The first-order valence-corrected chi connectivity index (χ1v) is 8.24. The number of alkyl halides is 3. The highest BCUT2D eigenvalue weighted by Crippen LogP contribution is 2.31. The lowest BCUT2D eigenvalue weighted by Crippen LogP contribution is -2.08. The molecule has 0 aliphatic rings. The molecule has 0 bridgehead atoms. The summed E-state index contributed by atoms with van der Waals surface area (Å²) in [4.78, 5) is 8.14. The molecule has 0 atom stereocenters. The van der Waals surface area contributed by atoms with E-state index < -0.39 is 11.7 Å². The fourth-order valence-corrected chi connectivity index (χ4v) is 2.54. The monoisotopic (exact) mass is 393 g/mol. The molecule has 4 N–H and O–H groups in total. The van der Waals surface area contributed by atoms with Crippen LogP contribution in [0, 0.1) is 0 Å². The summed E-state index contributed by atoms with van der Waals surface area (Å²) in [6.45, 7) is 0.403. The van der Waals surface area contributed by atoms with E-state index >= 15 is 0 Å². The van der Waals surface area contributed by atoms with Crippen LogP contribution in [0.4, 0.5) is 36.2 Å². The summed E-state index contributed by atoms with van der Waals surface area (Å²) in [6.07, 6.45) is -3.08. The lowest BCUT2D eigenvalue weighted by molar-refractivity contribution is -0.137. The largest absolute Gasteiger partial charge is 0.416 e. The third-order valence-electron chi connectivity index (χ3n) is 3.76. The number of nitrogens with one attached hydrogen (secondary N) is 2. The van der Waals surface area contributed by atoms with E-state index in [9.17, 15) is 13.2 Å². The van der Waals surface area contributed by atoms with Gasteiger partial charge in [-0.2, -0.15) is 13.2 Å². The number of nitrogen functional groups attached to an aromatic ring is 1. The van der Waals surface area contributed by atoms with E-state index in [1.54, 1.807) is 6.07 Å². The maximum atomic E-state index is 12.6. The lowest BCUT2D eigenvalue weighted by atomic mass is 10.2. The molecule has 0 unspecified atom stereocenters. The molecular formula is C18H15ClF3N5. The Morgan fingerprint density at radius 2 is 1.63 bits per heavy atom. The van der Waals surface area contributed by atoms with Crippen LogP contribution < -0.4 is 16.4 Å². The highest BCUT2D eigenvalue weighted by atomic mass is 35.5. The van der Waals surface area contributed by atoms with Crippen molar-refractivity contribution < 1.29 is 13.2 Å². The van der Waals surface area contributed by atoms with E-state index in [-0.39, 0.29) is 11.5 Å². The first kappa shape index (κ1) is 18.8. The van der Waals surface area contributed by atoms with Crippen LogP contribution in [0.25, 0.3) is 0 Å². The second-order valence-corrected chi connectivity index (χ2v) is 6.04. The van der Waals surface area contributed by atoms with Crippen LogP contribution in [0.2, 0.25) is 5.02 Å². The van der Waals surface area contributed by atoms with Crippen LogP contribution >= 0.6 is 11.6 Å². The summed E-state index contributed by atoms with van der Waals surface area (Å²) in [6, 6.07) is 11.9. The summed E-state index contributed by atoms with van der Waals surface area (Å²) in [5, 5.41) is 6.58. The maximum Gasteiger partial charge on any atom is 0.416 e. The number of halogens is 4. The van der Waals surface area contributed by atoms with E-state index in [0.29, 0.717) is 23.1 Å². The Kier molecular flexibility index (Phi) is 5.36. The maximum absolute atomic E-state index is 12.6. The highest BCUT2D eigenvalue weighted by molar-refractivity contribution is 6.31. The van der Waals surface area contributed by atoms with E-state index in [1.807, 2.05) is 18.2 Å². The molecule has 140 valence electrons. The minimum atomic E-state index is -4.39. The van der Waals surface area contributed by atoms with Crippen LogP contribution in [-0.4, -0.2) is 9.97 Å². The molecule has 0 aliphatic heterocycles. The Balaban J connectivity index is 1.74. The molecule has 0 aliphatic carbocycles. The summed E-state index contributed by atoms with van der Waals surface area (Å²) in [7, 11) is 0. The highest BCUT2D eigenvalue weighted by Gasteiger charge is 2.29. The van der Waals surface area contributed by atoms with Crippen LogP contribution in [0.1, 0.15) is 11.1 Å². The van der Waals surface area contributed by atoms with Gasteiger partial charge in [-0.25, -0.2) is 9.97 Å². The van der Waals surface area contributed by atoms with Crippen molar-refractivity contribution in [2.75, 3.05) is 16.4 Å². The third-order valence-corrected chi connectivity index (χ3v) is 4.13. The zero-order valence-corrected chi connectivity index (χ0v) is 14.6. The van der Waals surface area contributed by atoms with Crippen molar-refractivity contribution >= 4 is 34.6 Å². The van der Waals surface area contributed by atoms with Crippen molar-refractivity contribution in [3.05, 3.63) is 71.0 Å². The molecule has 3 rings (SSSR count). The molecule has 5 nitrogen and oxygen atoms in total. The number of rotatable bonds is 5. The van der Waals surface area contributed by atoms with Gasteiger partial charge in [0.25, 0.3) is 0 Å². The van der Waals surface area contributed by atoms with Crippen molar-refractivity contribution in [1.29, 1.82) is 0 Å². The van der Waals surface area contributed by atoms with Crippen LogP contribution in [-0.2, 0) is 12.7 Å². The molecule has 0 saturated carbocycles. The lowest BCUT2D eigenvalue weighted by Gasteiger charge is -2.13. The van der Waals surface area contributed by atoms with Crippen LogP contribution in [0.5, 0.6) is 0 Å². The Morgan fingerprint density at radius 3 is 2.30 bits per heavy atom. The van der Waals surface area contributed by atoms with Gasteiger partial charge >= 0.3 is 6.18 Å². The van der Waals surface area contributed by atoms with Gasteiger partial charge < -0.3 is 16.4 Å². The predicted octanol–water partition coefficient (Wildman–Crippen LogP) is 5.09. The number of aromatic nitrogens is 2. The fraction of sp³-hybridized carbons (Fsp3) is 0.111. The zero-order chi connectivity index (χ0) is 19.4. The number of hydrogen-bond acceptors (Lipinski definition) is 5. The Labute approximate surface area is 158 Å². The predicted molar refractivity (Wildman–Crippen MR) is 99.9 cm³/mol. The number of benzene rings is 2. The third kappa shape index (κ3) is 4.59. The molecule has 0 amide bonds. The van der Waals surface area contributed by atoms with Gasteiger partial charge in [-0.3, -0.25) is 0 Å². The Bertz CT molecular complexity index is 929. The molecule has 2 aromatic carbocycles. The standard InChI is InChI=1S/C18H15ClF3N5/c19-14-4-2-1-3-11(14)9-24-16-15(23)17(26-10-25-16)27-13-7-5-12(6-8-13)18(20,21)22/h1-8,10H,9,23H2,(H2,24,25,26,27). The normalized spacial score (nSPS) is 11.3. The van der Waals surface area contributed by atoms with E-state index in [2.05, 4.69) is 20.6 Å². The molecule has 0 saturated heterocycles. The average molecular weight is 394 g/mol. The van der Waals surface area contributed by atoms with Crippen molar-refractivity contribution in [2.45, 2.75) is 12.7 Å². The molecule has 9 heteroatoms. The van der Waals surface area contributed by atoms with Crippen molar-refractivity contribution in [3.63, 3.8) is 0 Å². The number of anilines is 4.